The fourth-order valence-corrected chi connectivity index (χ4v) is 2.78. The normalized spacial score (nSPS) is 10.1. The van der Waals surface area contributed by atoms with Gasteiger partial charge in [-0.3, -0.25) is 20.5 Å². The Labute approximate surface area is 147 Å². The topological polar surface area (TPSA) is 118 Å². The third-order valence-electron chi connectivity index (χ3n) is 3.25. The number of pyridine rings is 1. The molecule has 8 nitrogen and oxygen atoms in total. The number of carbonyl (C=O) groups is 1. The summed E-state index contributed by atoms with van der Waals surface area (Å²) in [6.45, 7) is 0. The highest BCUT2D eigenvalue weighted by Gasteiger charge is 2.12. The molecule has 3 rings (SSSR count). The minimum atomic E-state index is -0.335. The molecule has 0 bridgehead atoms. The maximum atomic E-state index is 12.4. The van der Waals surface area contributed by atoms with Crippen LogP contribution in [0.5, 0.6) is 0 Å². The molecule has 0 radical (unpaired) electrons. The Hall–Kier alpha value is -3.46. The molecule has 0 spiro atoms. The molecule has 0 saturated heterocycles. The lowest BCUT2D eigenvalue weighted by Crippen LogP contribution is -2.15. The Kier molecular flexibility index (Phi) is 4.86. The number of hydrogen-bond donors (Lipinski definition) is 3. The van der Waals surface area contributed by atoms with Crippen LogP contribution in [0.1, 0.15) is 10.4 Å². The molecular formula is C16H13N7OS. The van der Waals surface area contributed by atoms with Gasteiger partial charge in [-0.15, -0.1) is 11.3 Å². The summed E-state index contributed by atoms with van der Waals surface area (Å²) in [6, 6.07) is 12.0. The molecule has 2 heterocycles. The number of rotatable bonds is 6. The molecule has 0 aliphatic carbocycles. The van der Waals surface area contributed by atoms with Crippen LogP contribution in [0.3, 0.4) is 0 Å². The van der Waals surface area contributed by atoms with Crippen LogP contribution >= 0.6 is 11.3 Å². The second kappa shape index (κ2) is 7.41. The molecule has 25 heavy (non-hydrogen) atoms. The van der Waals surface area contributed by atoms with Crippen molar-refractivity contribution in [2.75, 3.05) is 10.3 Å². The van der Waals surface area contributed by atoms with Gasteiger partial charge in [0.1, 0.15) is 12.0 Å². The zero-order valence-electron chi connectivity index (χ0n) is 12.9. The van der Waals surface area contributed by atoms with Crippen LogP contribution in [0.4, 0.5) is 10.8 Å². The number of aromatic nitrogens is 2. The summed E-state index contributed by atoms with van der Waals surface area (Å²) in [7, 11) is 0. The first kappa shape index (κ1) is 16.4. The third kappa shape index (κ3) is 3.72. The van der Waals surface area contributed by atoms with Crippen molar-refractivity contribution >= 4 is 34.4 Å². The summed E-state index contributed by atoms with van der Waals surface area (Å²) < 4.78 is 0. The molecule has 3 aromatic rings. The number of anilines is 2. The molecule has 0 unspecified atom stereocenters. The van der Waals surface area contributed by atoms with Crippen molar-refractivity contribution in [3.63, 3.8) is 0 Å². The third-order valence-corrected chi connectivity index (χ3v) is 4.01. The lowest BCUT2D eigenvalue weighted by Gasteiger charge is -2.11. The van der Waals surface area contributed by atoms with Gasteiger partial charge < -0.3 is 0 Å². The van der Waals surface area contributed by atoms with Crippen molar-refractivity contribution in [1.82, 2.24) is 9.97 Å². The first-order chi connectivity index (χ1) is 12.2. The van der Waals surface area contributed by atoms with E-state index in [-0.39, 0.29) is 5.91 Å². The van der Waals surface area contributed by atoms with Gasteiger partial charge in [0.05, 0.1) is 11.4 Å². The molecule has 124 valence electrons. The number of carbonyl (C=O) groups excluding carboxylic acids is 1. The van der Waals surface area contributed by atoms with Crippen LogP contribution in [0, 0.1) is 10.9 Å². The van der Waals surface area contributed by atoms with Crippen molar-refractivity contribution in [3.8, 4) is 11.4 Å². The van der Waals surface area contributed by atoms with E-state index in [1.54, 1.807) is 30.5 Å². The number of hydrogen-bond acceptors (Lipinski definition) is 7. The van der Waals surface area contributed by atoms with Crippen LogP contribution in [0.25, 0.3) is 11.4 Å². The van der Waals surface area contributed by atoms with Crippen molar-refractivity contribution in [1.29, 1.82) is 10.9 Å². The second-order valence-electron chi connectivity index (χ2n) is 4.83. The molecule has 2 aromatic heterocycles. The molecular weight excluding hydrogens is 338 g/mol. The van der Waals surface area contributed by atoms with Gasteiger partial charge in [0.2, 0.25) is 0 Å². The quantitative estimate of drug-likeness (QED) is 0.271. The van der Waals surface area contributed by atoms with E-state index >= 15 is 0 Å². The zero-order valence-corrected chi connectivity index (χ0v) is 13.7. The highest BCUT2D eigenvalue weighted by molar-refractivity contribution is 7.14. The minimum Gasteiger partial charge on any atom is -0.298 e. The van der Waals surface area contributed by atoms with Crippen molar-refractivity contribution in [2.45, 2.75) is 0 Å². The summed E-state index contributed by atoms with van der Waals surface area (Å²) in [6.07, 6.45) is 2.58. The van der Waals surface area contributed by atoms with Crippen LogP contribution in [0.15, 0.2) is 59.3 Å². The van der Waals surface area contributed by atoms with E-state index in [9.17, 15) is 4.79 Å². The van der Waals surface area contributed by atoms with Gasteiger partial charge >= 0.3 is 0 Å². The zero-order chi connectivity index (χ0) is 17.6. The fourth-order valence-electron chi connectivity index (χ4n) is 2.08. The number of benzene rings is 1. The summed E-state index contributed by atoms with van der Waals surface area (Å²) in [5.41, 5.74) is 9.28. The summed E-state index contributed by atoms with van der Waals surface area (Å²) in [4.78, 5) is 21.0. The summed E-state index contributed by atoms with van der Waals surface area (Å²) >= 11 is 1.31. The average Bonchev–Trinajstić information content (AvgIpc) is 3.12. The lowest BCUT2D eigenvalue weighted by molar-refractivity contribution is 0.102. The first-order valence-corrected chi connectivity index (χ1v) is 8.05. The van der Waals surface area contributed by atoms with Crippen LogP contribution in [-0.2, 0) is 0 Å². The number of nitrogens with zero attached hydrogens (tertiary/aromatic N) is 4. The smallest absolute Gasteiger partial charge is 0.257 e. The maximum Gasteiger partial charge on any atom is 0.257 e. The molecule has 1 aromatic carbocycles. The lowest BCUT2D eigenvalue weighted by atomic mass is 10.2. The molecule has 3 N–H and O–H groups in total. The predicted octanol–water partition coefficient (Wildman–Crippen LogP) is 3.82. The van der Waals surface area contributed by atoms with Gasteiger partial charge in [0, 0.05) is 17.1 Å². The first-order valence-electron chi connectivity index (χ1n) is 7.17. The number of nitrogens with one attached hydrogen (secondary N) is 3. The maximum absolute atomic E-state index is 12.4. The Balaban J connectivity index is 1.77. The Morgan fingerprint density at radius 3 is 2.84 bits per heavy atom. The minimum absolute atomic E-state index is 0.335. The van der Waals surface area contributed by atoms with Crippen LogP contribution in [-0.4, -0.2) is 22.2 Å². The Morgan fingerprint density at radius 2 is 2.12 bits per heavy atom. The monoisotopic (exact) mass is 351 g/mol. The average molecular weight is 351 g/mol. The Bertz CT molecular complexity index is 902. The summed E-state index contributed by atoms with van der Waals surface area (Å²) in [5.74, 6) is -0.335. The second-order valence-corrected chi connectivity index (χ2v) is 5.69. The molecule has 0 fully saturated rings. The number of amides is 1. The van der Waals surface area contributed by atoms with E-state index in [0.717, 1.165) is 17.0 Å². The highest BCUT2D eigenvalue weighted by Crippen LogP contribution is 2.24. The van der Waals surface area contributed by atoms with E-state index in [1.807, 2.05) is 23.6 Å². The van der Waals surface area contributed by atoms with E-state index in [1.165, 1.54) is 11.3 Å². The molecule has 0 aliphatic heterocycles. The van der Waals surface area contributed by atoms with E-state index in [4.69, 9.17) is 10.9 Å². The van der Waals surface area contributed by atoms with Gasteiger partial charge in [-0.1, -0.05) is 17.4 Å². The molecule has 1 amide bonds. The number of thiazole rings is 1. The van der Waals surface area contributed by atoms with Gasteiger partial charge in [-0.25, -0.2) is 9.99 Å². The predicted molar refractivity (Wildman–Crippen MR) is 96.2 cm³/mol. The highest BCUT2D eigenvalue weighted by atomic mass is 32.1. The fraction of sp³-hybridized carbons (Fsp3) is 0. The van der Waals surface area contributed by atoms with E-state index in [0.29, 0.717) is 22.1 Å². The van der Waals surface area contributed by atoms with Gasteiger partial charge in [-0.2, -0.15) is 5.53 Å². The van der Waals surface area contributed by atoms with Crippen LogP contribution < -0.4 is 10.3 Å². The Morgan fingerprint density at radius 1 is 1.24 bits per heavy atom. The van der Waals surface area contributed by atoms with E-state index in [2.05, 4.69) is 20.5 Å². The molecule has 0 saturated carbocycles. The van der Waals surface area contributed by atoms with Gasteiger partial charge in [0.15, 0.2) is 5.13 Å². The van der Waals surface area contributed by atoms with Crippen molar-refractivity contribution in [3.05, 3.63) is 59.6 Å². The largest absolute Gasteiger partial charge is 0.298 e. The van der Waals surface area contributed by atoms with Crippen molar-refractivity contribution < 1.29 is 4.79 Å². The molecule has 0 atom stereocenters. The summed E-state index contributed by atoms with van der Waals surface area (Å²) in [5, 5.41) is 16.5. The van der Waals surface area contributed by atoms with Gasteiger partial charge in [0.25, 0.3) is 5.91 Å². The van der Waals surface area contributed by atoms with E-state index < -0.39 is 0 Å². The van der Waals surface area contributed by atoms with Gasteiger partial charge in [-0.05, 0) is 30.3 Å². The molecule has 9 heteroatoms. The van der Waals surface area contributed by atoms with Crippen LogP contribution in [0.2, 0.25) is 0 Å². The van der Waals surface area contributed by atoms with Crippen molar-refractivity contribution in [2.24, 2.45) is 5.22 Å². The standard InChI is InChI=1S/C16H13N7OS/c17-10-23(22-18)12-5-3-4-11(8-12)15(24)21-16-20-14(9-25-16)13-6-1-2-7-19-13/h1-10,17-18H,(H,20,21,24). The molecule has 0 aliphatic rings. The SMILES string of the molecule is N=CN(N=N)c1cccc(C(=O)Nc2nc(-c3ccccn3)cs2)c1.